The third kappa shape index (κ3) is 2.89. The minimum absolute atomic E-state index is 0.318. The van der Waals surface area contributed by atoms with Gasteiger partial charge >= 0.3 is 5.97 Å². The minimum Gasteiger partial charge on any atom is -0.480 e. The van der Waals surface area contributed by atoms with E-state index in [1.165, 1.54) is 5.56 Å². The summed E-state index contributed by atoms with van der Waals surface area (Å²) in [5, 5.41) is 9.13. The molecule has 0 spiro atoms. The lowest BCUT2D eigenvalue weighted by molar-refractivity contribution is -0.140. The molecule has 4 heteroatoms. The maximum Gasteiger partial charge on any atom is 0.322 e. The number of hydrogen-bond acceptors (Lipinski definition) is 3. The Morgan fingerprint density at radius 3 is 2.11 bits per heavy atom. The molecule has 100 valence electrons. The Bertz CT molecular complexity index is 455. The molecule has 4 nitrogen and oxygen atoms in total. The van der Waals surface area contributed by atoms with Gasteiger partial charge < -0.3 is 15.7 Å². The number of nitrogens with zero attached hydrogens (tertiary/aromatic N) is 1. The second kappa shape index (κ2) is 5.50. The van der Waals surface area contributed by atoms with E-state index in [2.05, 4.69) is 6.07 Å². The second-order valence-corrected chi connectivity index (χ2v) is 5.07. The van der Waals surface area contributed by atoms with E-state index in [1.807, 2.05) is 45.8 Å². The summed E-state index contributed by atoms with van der Waals surface area (Å²) in [5.74, 6) is -0.980. The van der Waals surface area contributed by atoms with Crippen molar-refractivity contribution >= 4 is 5.97 Å². The molecule has 1 aromatic carbocycles. The smallest absolute Gasteiger partial charge is 0.322 e. The van der Waals surface area contributed by atoms with E-state index in [-0.39, 0.29) is 6.04 Å². The van der Waals surface area contributed by atoms with Crippen LogP contribution in [0.3, 0.4) is 0 Å². The Balaban J connectivity index is 3.30. The van der Waals surface area contributed by atoms with Crippen LogP contribution in [-0.4, -0.2) is 36.1 Å². The third-order valence-corrected chi connectivity index (χ3v) is 3.38. The van der Waals surface area contributed by atoms with Gasteiger partial charge in [-0.25, -0.2) is 0 Å². The molecule has 0 radical (unpaired) electrons. The Morgan fingerprint density at radius 1 is 1.17 bits per heavy atom. The highest BCUT2D eigenvalue weighted by Gasteiger charge is 2.29. The van der Waals surface area contributed by atoms with Crippen LogP contribution in [0.5, 0.6) is 0 Å². The summed E-state index contributed by atoms with van der Waals surface area (Å²) in [6, 6.07) is 2.87. The number of nitrogens with two attached hydrogens (primary N) is 1. The predicted octanol–water partition coefficient (Wildman–Crippen LogP) is 1.63. The van der Waals surface area contributed by atoms with Crippen molar-refractivity contribution in [2.24, 2.45) is 5.73 Å². The summed E-state index contributed by atoms with van der Waals surface area (Å²) in [5.41, 5.74) is 10.2. The molecule has 3 N–H and O–H groups in total. The van der Waals surface area contributed by atoms with Crippen LogP contribution in [0.25, 0.3) is 0 Å². The van der Waals surface area contributed by atoms with Gasteiger partial charge in [0.1, 0.15) is 6.04 Å². The van der Waals surface area contributed by atoms with Crippen molar-refractivity contribution in [1.29, 1.82) is 0 Å². The first-order valence-electron chi connectivity index (χ1n) is 5.98. The number of carboxylic acids is 1. The monoisotopic (exact) mass is 250 g/mol. The number of carbonyl (C=O) groups is 1. The fraction of sp³-hybridized carbons (Fsp3) is 0.500. The molecule has 0 aliphatic rings. The zero-order valence-corrected chi connectivity index (χ0v) is 11.7. The van der Waals surface area contributed by atoms with Crippen molar-refractivity contribution in [2.45, 2.75) is 32.9 Å². The molecule has 0 aliphatic carbocycles. The average Bonchev–Trinajstić information content (AvgIpc) is 2.24. The van der Waals surface area contributed by atoms with Crippen LogP contribution in [0, 0.1) is 20.8 Å². The van der Waals surface area contributed by atoms with Gasteiger partial charge in [-0.15, -0.1) is 0 Å². The van der Waals surface area contributed by atoms with Gasteiger partial charge in [-0.2, -0.15) is 0 Å². The Morgan fingerprint density at radius 2 is 1.67 bits per heavy atom. The molecule has 2 unspecified atom stereocenters. The van der Waals surface area contributed by atoms with Crippen molar-refractivity contribution in [3.05, 3.63) is 34.4 Å². The van der Waals surface area contributed by atoms with Crippen LogP contribution in [0.2, 0.25) is 0 Å². The third-order valence-electron chi connectivity index (χ3n) is 3.38. The van der Waals surface area contributed by atoms with Gasteiger partial charge in [-0.3, -0.25) is 4.79 Å². The summed E-state index contributed by atoms with van der Waals surface area (Å²) in [6.45, 7) is 6.07. The van der Waals surface area contributed by atoms with E-state index in [9.17, 15) is 4.79 Å². The normalized spacial score (nSPS) is 14.6. The summed E-state index contributed by atoms with van der Waals surface area (Å²) in [7, 11) is 3.70. The van der Waals surface area contributed by atoms with Crippen LogP contribution in [-0.2, 0) is 4.79 Å². The number of likely N-dealkylation sites (N-methyl/N-ethyl adjacent to an activating group) is 1. The summed E-state index contributed by atoms with van der Waals surface area (Å²) >= 11 is 0. The van der Waals surface area contributed by atoms with E-state index in [4.69, 9.17) is 10.8 Å². The van der Waals surface area contributed by atoms with Crippen LogP contribution in [0.15, 0.2) is 12.1 Å². The van der Waals surface area contributed by atoms with E-state index in [0.717, 1.165) is 16.7 Å². The number of hydrogen-bond donors (Lipinski definition) is 2. The van der Waals surface area contributed by atoms with Gasteiger partial charge in [0.2, 0.25) is 0 Å². The van der Waals surface area contributed by atoms with Gasteiger partial charge in [0.25, 0.3) is 0 Å². The Labute approximate surface area is 108 Å². The lowest BCUT2D eigenvalue weighted by atomic mass is 9.91. The van der Waals surface area contributed by atoms with Gasteiger partial charge in [0.15, 0.2) is 0 Å². The lowest BCUT2D eigenvalue weighted by Gasteiger charge is -2.29. The molecule has 2 atom stereocenters. The van der Waals surface area contributed by atoms with E-state index >= 15 is 0 Å². The Kier molecular flexibility index (Phi) is 4.48. The zero-order valence-electron chi connectivity index (χ0n) is 11.7. The quantitative estimate of drug-likeness (QED) is 0.852. The Hall–Kier alpha value is -1.39. The van der Waals surface area contributed by atoms with Crippen LogP contribution < -0.4 is 5.73 Å². The second-order valence-electron chi connectivity index (χ2n) is 5.07. The van der Waals surface area contributed by atoms with Gasteiger partial charge in [-0.05, 0) is 57.1 Å². The SMILES string of the molecule is Cc1cc(C)c(C(C(N)C(=O)O)N(C)C)cc1C. The predicted molar refractivity (Wildman–Crippen MR) is 72.7 cm³/mol. The maximum atomic E-state index is 11.1. The minimum atomic E-state index is -0.980. The van der Waals surface area contributed by atoms with Gasteiger partial charge in [0, 0.05) is 0 Å². The lowest BCUT2D eigenvalue weighted by Crippen LogP contribution is -2.43. The molecule has 0 aromatic heterocycles. The number of aryl methyl sites for hydroxylation is 3. The van der Waals surface area contributed by atoms with Gasteiger partial charge in [0.05, 0.1) is 6.04 Å². The van der Waals surface area contributed by atoms with Crippen LogP contribution >= 0.6 is 0 Å². The first-order chi connectivity index (χ1) is 8.25. The largest absolute Gasteiger partial charge is 0.480 e. The highest BCUT2D eigenvalue weighted by molar-refractivity contribution is 5.74. The summed E-state index contributed by atoms with van der Waals surface area (Å²) in [4.78, 5) is 13.0. The molecule has 0 bridgehead atoms. The summed E-state index contributed by atoms with van der Waals surface area (Å²) < 4.78 is 0. The first kappa shape index (κ1) is 14.7. The molecule has 0 aliphatic heterocycles. The molecule has 0 saturated heterocycles. The molecule has 0 saturated carbocycles. The zero-order chi connectivity index (χ0) is 14.0. The fourth-order valence-corrected chi connectivity index (χ4v) is 2.23. The molecule has 1 rings (SSSR count). The van der Waals surface area contributed by atoms with E-state index < -0.39 is 12.0 Å². The fourth-order valence-electron chi connectivity index (χ4n) is 2.23. The topological polar surface area (TPSA) is 66.6 Å². The van der Waals surface area contributed by atoms with E-state index in [1.54, 1.807) is 0 Å². The molecule has 1 aromatic rings. The number of benzene rings is 1. The van der Waals surface area contributed by atoms with Crippen LogP contribution in [0.1, 0.15) is 28.3 Å². The van der Waals surface area contributed by atoms with Crippen LogP contribution in [0.4, 0.5) is 0 Å². The molecule has 0 heterocycles. The maximum absolute atomic E-state index is 11.1. The molecule has 0 fully saturated rings. The van der Waals surface area contributed by atoms with Crippen molar-refractivity contribution in [2.75, 3.05) is 14.1 Å². The molecule has 18 heavy (non-hydrogen) atoms. The number of carboxylic acid groups (broad SMARTS) is 1. The molecular formula is C14H22N2O2. The average molecular weight is 250 g/mol. The van der Waals surface area contributed by atoms with Crippen molar-refractivity contribution in [3.8, 4) is 0 Å². The van der Waals surface area contributed by atoms with Crippen molar-refractivity contribution in [3.63, 3.8) is 0 Å². The van der Waals surface area contributed by atoms with E-state index in [0.29, 0.717) is 0 Å². The van der Waals surface area contributed by atoms with Crippen molar-refractivity contribution < 1.29 is 9.90 Å². The van der Waals surface area contributed by atoms with Gasteiger partial charge in [-0.1, -0.05) is 12.1 Å². The standard InChI is InChI=1S/C14H22N2O2/c1-8-6-10(3)11(7-9(8)2)13(16(4)5)12(15)14(17)18/h6-7,12-13H,15H2,1-5H3,(H,17,18). The van der Waals surface area contributed by atoms with Crippen molar-refractivity contribution in [1.82, 2.24) is 4.90 Å². The first-order valence-corrected chi connectivity index (χ1v) is 5.98. The highest BCUT2D eigenvalue weighted by atomic mass is 16.4. The number of aliphatic carboxylic acids is 1. The summed E-state index contributed by atoms with van der Waals surface area (Å²) in [6.07, 6.45) is 0. The molecule has 0 amide bonds. The highest BCUT2D eigenvalue weighted by Crippen LogP contribution is 2.27. The molecular weight excluding hydrogens is 228 g/mol. The number of rotatable bonds is 4.